The van der Waals surface area contributed by atoms with Crippen LogP contribution in [-0.2, 0) is 0 Å². The molecule has 1 aliphatic heterocycles. The van der Waals surface area contributed by atoms with Crippen LogP contribution in [0.25, 0.3) is 33.2 Å². The van der Waals surface area contributed by atoms with Gasteiger partial charge in [0.25, 0.3) is 5.91 Å². The first kappa shape index (κ1) is 22.6. The molecule has 0 spiro atoms. The van der Waals surface area contributed by atoms with Crippen LogP contribution in [0.5, 0.6) is 0 Å². The van der Waals surface area contributed by atoms with Crippen molar-refractivity contribution in [3.05, 3.63) is 103 Å². The molecule has 6 heteroatoms. The maximum atomic E-state index is 12.7. The zero-order chi connectivity index (χ0) is 25.2. The van der Waals surface area contributed by atoms with E-state index in [0.29, 0.717) is 5.56 Å². The molecule has 1 amide bonds. The number of carbonyl (C=O) groups is 1. The number of aromatic amines is 1. The van der Waals surface area contributed by atoms with Crippen molar-refractivity contribution in [2.45, 2.75) is 12.8 Å². The maximum absolute atomic E-state index is 12.7. The number of nitrogens with one attached hydrogen (secondary N) is 2. The van der Waals surface area contributed by atoms with E-state index < -0.39 is 0 Å². The first-order chi connectivity index (χ1) is 18.2. The van der Waals surface area contributed by atoms with Crippen LogP contribution in [0.3, 0.4) is 0 Å². The van der Waals surface area contributed by atoms with E-state index in [1.807, 2.05) is 65.7 Å². The number of amides is 1. The summed E-state index contributed by atoms with van der Waals surface area (Å²) in [4.78, 5) is 22.2. The first-order valence-electron chi connectivity index (χ1n) is 12.4. The largest absolute Gasteiger partial charge is 0.361 e. The van der Waals surface area contributed by atoms with Gasteiger partial charge in [-0.2, -0.15) is 5.26 Å². The molecule has 2 N–H and O–H groups in total. The van der Waals surface area contributed by atoms with Crippen LogP contribution < -0.4 is 5.32 Å². The highest BCUT2D eigenvalue weighted by Gasteiger charge is 2.19. The second kappa shape index (κ2) is 9.63. The van der Waals surface area contributed by atoms with Crippen LogP contribution in [0.1, 0.15) is 28.8 Å². The predicted octanol–water partition coefficient (Wildman–Crippen LogP) is 6.75. The van der Waals surface area contributed by atoms with E-state index >= 15 is 0 Å². The van der Waals surface area contributed by atoms with Crippen LogP contribution in [0, 0.1) is 11.3 Å². The van der Waals surface area contributed by atoms with Gasteiger partial charge >= 0.3 is 0 Å². The molecule has 1 fully saturated rings. The fourth-order valence-electron chi connectivity index (χ4n) is 4.95. The molecule has 3 heterocycles. The third-order valence-electron chi connectivity index (χ3n) is 6.92. The lowest BCUT2D eigenvalue weighted by molar-refractivity contribution is 0.0793. The highest BCUT2D eigenvalue weighted by Crippen LogP contribution is 2.35. The molecule has 37 heavy (non-hydrogen) atoms. The second-order valence-electron chi connectivity index (χ2n) is 9.28. The van der Waals surface area contributed by atoms with E-state index in [1.54, 1.807) is 12.4 Å². The summed E-state index contributed by atoms with van der Waals surface area (Å²) in [5.74, 6) is 0.103. The van der Waals surface area contributed by atoms with Crippen molar-refractivity contribution < 1.29 is 4.79 Å². The van der Waals surface area contributed by atoms with E-state index in [0.717, 1.165) is 76.0 Å². The van der Waals surface area contributed by atoms with Gasteiger partial charge < -0.3 is 15.2 Å². The zero-order valence-corrected chi connectivity index (χ0v) is 20.2. The number of anilines is 2. The number of benzene rings is 3. The number of hydrogen-bond acceptors (Lipinski definition) is 4. The number of H-pyrrole nitrogens is 1. The van der Waals surface area contributed by atoms with Crippen molar-refractivity contribution in [1.29, 1.82) is 5.26 Å². The second-order valence-corrected chi connectivity index (χ2v) is 9.28. The van der Waals surface area contributed by atoms with Crippen molar-refractivity contribution in [2.24, 2.45) is 0 Å². The number of nitriles is 1. The average molecular weight is 484 g/mol. The zero-order valence-electron chi connectivity index (χ0n) is 20.2. The molecule has 2 aromatic heterocycles. The molecule has 0 unspecified atom stereocenters. The minimum atomic E-state index is 0.103. The summed E-state index contributed by atoms with van der Waals surface area (Å²) in [6.07, 6.45) is 7.44. The number of nitrogens with zero attached hydrogens (tertiary/aromatic N) is 3. The Morgan fingerprint density at radius 2 is 1.73 bits per heavy atom. The Labute approximate surface area is 215 Å². The predicted molar refractivity (Wildman–Crippen MR) is 147 cm³/mol. The van der Waals surface area contributed by atoms with E-state index in [-0.39, 0.29) is 5.91 Å². The van der Waals surface area contributed by atoms with Gasteiger partial charge in [-0.25, -0.2) is 0 Å². The molecule has 3 aromatic carbocycles. The van der Waals surface area contributed by atoms with Crippen LogP contribution >= 0.6 is 0 Å². The summed E-state index contributed by atoms with van der Waals surface area (Å²) in [6.45, 7) is 1.68. The van der Waals surface area contributed by atoms with Gasteiger partial charge in [0.1, 0.15) is 6.07 Å². The summed E-state index contributed by atoms with van der Waals surface area (Å²) in [5.41, 5.74) is 7.71. The molecule has 1 aliphatic rings. The molecular formula is C31H25N5O. The van der Waals surface area contributed by atoms with Crippen molar-refractivity contribution in [2.75, 3.05) is 18.4 Å². The Morgan fingerprint density at radius 3 is 2.54 bits per heavy atom. The minimum Gasteiger partial charge on any atom is -0.361 e. The summed E-state index contributed by atoms with van der Waals surface area (Å²) in [6, 6.07) is 26.3. The Morgan fingerprint density at radius 1 is 0.919 bits per heavy atom. The van der Waals surface area contributed by atoms with Gasteiger partial charge in [0.2, 0.25) is 0 Å². The Balaban J connectivity index is 1.33. The summed E-state index contributed by atoms with van der Waals surface area (Å²) >= 11 is 0. The third-order valence-corrected chi connectivity index (χ3v) is 6.92. The van der Waals surface area contributed by atoms with Gasteiger partial charge in [-0.05, 0) is 72.0 Å². The molecular weight excluding hydrogens is 458 g/mol. The number of likely N-dealkylation sites (tertiary alicyclic amines) is 1. The molecule has 180 valence electrons. The molecule has 0 aliphatic carbocycles. The Bertz CT molecular complexity index is 1640. The first-order valence-corrected chi connectivity index (χ1v) is 12.4. The number of aromatic nitrogens is 2. The van der Waals surface area contributed by atoms with Gasteiger partial charge in [-0.1, -0.05) is 30.3 Å². The van der Waals surface area contributed by atoms with Crippen LogP contribution in [0.4, 0.5) is 11.4 Å². The fourth-order valence-corrected chi connectivity index (χ4v) is 4.95. The average Bonchev–Trinajstić information content (AvgIpc) is 3.65. The van der Waals surface area contributed by atoms with Crippen LogP contribution in [-0.4, -0.2) is 33.9 Å². The summed E-state index contributed by atoms with van der Waals surface area (Å²) in [7, 11) is 0. The van der Waals surface area contributed by atoms with E-state index in [9.17, 15) is 10.1 Å². The topological polar surface area (TPSA) is 84.8 Å². The number of fused-ring (bicyclic) bond motifs is 1. The molecule has 1 saturated heterocycles. The molecule has 6 rings (SSSR count). The van der Waals surface area contributed by atoms with E-state index in [1.165, 1.54) is 0 Å². The van der Waals surface area contributed by atoms with Gasteiger partial charge in [-0.15, -0.1) is 0 Å². The van der Waals surface area contributed by atoms with Gasteiger partial charge in [0, 0.05) is 59.4 Å². The third kappa shape index (κ3) is 4.43. The van der Waals surface area contributed by atoms with Crippen LogP contribution in [0.2, 0.25) is 0 Å². The van der Waals surface area contributed by atoms with Crippen molar-refractivity contribution >= 4 is 28.2 Å². The smallest absolute Gasteiger partial charge is 0.253 e. The number of hydrogen-bond donors (Lipinski definition) is 2. The van der Waals surface area contributed by atoms with Gasteiger partial charge in [0.15, 0.2) is 0 Å². The standard InChI is InChI=1S/C31H25N5O/c32-18-26-19-33-20-28(30(26)35-27-10-11-29-25(17-27)12-13-34-29)24-5-3-4-23(16-24)21-6-8-22(9-7-21)31(37)36-14-1-2-15-36/h3-13,16-17,19-20,34H,1-2,14-15H2,(H,33,35). The van der Waals surface area contributed by atoms with E-state index in [4.69, 9.17) is 0 Å². The number of rotatable bonds is 5. The summed E-state index contributed by atoms with van der Waals surface area (Å²) in [5, 5.41) is 14.4. The fraction of sp³-hybridized carbons (Fsp3) is 0.129. The highest BCUT2D eigenvalue weighted by molar-refractivity contribution is 5.95. The quantitative estimate of drug-likeness (QED) is 0.290. The summed E-state index contributed by atoms with van der Waals surface area (Å²) < 4.78 is 0. The van der Waals surface area contributed by atoms with Crippen molar-refractivity contribution in [3.63, 3.8) is 0 Å². The lowest BCUT2D eigenvalue weighted by Gasteiger charge is -2.16. The van der Waals surface area contributed by atoms with E-state index in [2.05, 4.69) is 39.6 Å². The highest BCUT2D eigenvalue weighted by atomic mass is 16.2. The molecule has 0 bridgehead atoms. The van der Waals surface area contributed by atoms with Crippen LogP contribution in [0.15, 0.2) is 91.4 Å². The normalized spacial score (nSPS) is 13.0. The van der Waals surface area contributed by atoms with Gasteiger partial charge in [0.05, 0.1) is 11.3 Å². The molecule has 0 radical (unpaired) electrons. The van der Waals surface area contributed by atoms with Gasteiger partial charge in [-0.3, -0.25) is 9.78 Å². The lowest BCUT2D eigenvalue weighted by atomic mass is 9.97. The Hall–Kier alpha value is -4.89. The molecule has 6 nitrogen and oxygen atoms in total. The lowest BCUT2D eigenvalue weighted by Crippen LogP contribution is -2.27. The van der Waals surface area contributed by atoms with Crippen molar-refractivity contribution in [1.82, 2.24) is 14.9 Å². The SMILES string of the molecule is N#Cc1cncc(-c2cccc(-c3ccc(C(=O)N4CCCC4)cc3)c2)c1Nc1ccc2[nH]ccc2c1. The number of carbonyl (C=O) groups excluding carboxylic acids is 1. The molecule has 0 atom stereocenters. The maximum Gasteiger partial charge on any atom is 0.253 e. The minimum absolute atomic E-state index is 0.103. The van der Waals surface area contributed by atoms with Crippen molar-refractivity contribution in [3.8, 4) is 28.3 Å². The number of pyridine rings is 1. The molecule has 5 aromatic rings. The Kier molecular flexibility index (Phi) is 5.88. The molecule has 0 saturated carbocycles. The monoisotopic (exact) mass is 483 g/mol.